The second kappa shape index (κ2) is 8.66. The van der Waals surface area contributed by atoms with Gasteiger partial charge in [-0.2, -0.15) is 0 Å². The molecule has 0 saturated carbocycles. The molecule has 2 aromatic rings. The lowest BCUT2D eigenvalue weighted by atomic mass is 10.2. The van der Waals surface area contributed by atoms with E-state index >= 15 is 0 Å². The molecule has 0 aliphatic rings. The van der Waals surface area contributed by atoms with Crippen molar-refractivity contribution in [1.82, 2.24) is 10.3 Å². The Kier molecular flexibility index (Phi) is 6.57. The Morgan fingerprint density at radius 1 is 1.23 bits per heavy atom. The Hall–Kier alpha value is -2.61. The number of pyridine rings is 1. The maximum Gasteiger partial charge on any atom is 0.261 e. The number of aromatic nitrogens is 1. The number of ether oxygens (including phenoxy) is 1. The van der Waals surface area contributed by atoms with Gasteiger partial charge in [-0.1, -0.05) is 13.0 Å². The largest absolute Gasteiger partial charge is 0.481 e. The summed E-state index contributed by atoms with van der Waals surface area (Å²) < 4.78 is 30.0. The van der Waals surface area contributed by atoms with E-state index in [4.69, 9.17) is 4.74 Å². The van der Waals surface area contributed by atoms with E-state index in [0.717, 1.165) is 11.9 Å². The summed E-state index contributed by atoms with van der Waals surface area (Å²) in [6.07, 6.45) is 2.66. The average molecular weight is 377 g/mol. The van der Waals surface area contributed by atoms with E-state index < -0.39 is 16.1 Å². The lowest BCUT2D eigenvalue weighted by Crippen LogP contribution is -2.37. The van der Waals surface area contributed by atoms with Crippen LogP contribution in [-0.2, 0) is 21.4 Å². The number of anilines is 1. The SMILES string of the molecule is CCC(Oc1ccc(N(C)S(C)(=O)=O)cc1)C(=O)NCc1ccccn1. The second-order valence-electron chi connectivity index (χ2n) is 5.78. The van der Waals surface area contributed by atoms with Gasteiger partial charge in [0.15, 0.2) is 6.10 Å². The molecule has 0 bridgehead atoms. The summed E-state index contributed by atoms with van der Waals surface area (Å²) in [5.41, 5.74) is 1.29. The summed E-state index contributed by atoms with van der Waals surface area (Å²) in [6, 6.07) is 12.1. The van der Waals surface area contributed by atoms with Crippen LogP contribution in [0.4, 0.5) is 5.69 Å². The monoisotopic (exact) mass is 377 g/mol. The Morgan fingerprint density at radius 3 is 2.46 bits per heavy atom. The zero-order valence-electron chi connectivity index (χ0n) is 15.0. The standard InChI is InChI=1S/C18H23N3O4S/c1-4-17(18(22)20-13-14-7-5-6-12-19-14)25-16-10-8-15(9-11-16)21(2)26(3,23)24/h5-12,17H,4,13H2,1-3H3,(H,20,22). The molecule has 1 unspecified atom stereocenters. The van der Waals surface area contributed by atoms with Crippen molar-refractivity contribution in [2.75, 3.05) is 17.6 Å². The van der Waals surface area contributed by atoms with Gasteiger partial charge in [-0.3, -0.25) is 14.1 Å². The molecule has 1 aromatic heterocycles. The molecule has 0 spiro atoms. The molecular weight excluding hydrogens is 354 g/mol. The molecule has 0 fully saturated rings. The quantitative estimate of drug-likeness (QED) is 0.760. The number of sulfonamides is 1. The van der Waals surface area contributed by atoms with Crippen LogP contribution in [0.2, 0.25) is 0 Å². The highest BCUT2D eigenvalue weighted by Crippen LogP contribution is 2.21. The molecule has 0 aliphatic heterocycles. The Labute approximate surface area is 154 Å². The van der Waals surface area contributed by atoms with Crippen LogP contribution in [-0.4, -0.2) is 38.7 Å². The lowest BCUT2D eigenvalue weighted by Gasteiger charge is -2.19. The van der Waals surface area contributed by atoms with Crippen molar-refractivity contribution in [2.24, 2.45) is 0 Å². The molecule has 0 aliphatic carbocycles. The molecule has 1 amide bonds. The third-order valence-corrected chi connectivity index (χ3v) is 5.02. The van der Waals surface area contributed by atoms with Crippen LogP contribution in [0.1, 0.15) is 19.0 Å². The first-order valence-electron chi connectivity index (χ1n) is 8.19. The van der Waals surface area contributed by atoms with Gasteiger partial charge in [0.25, 0.3) is 5.91 Å². The van der Waals surface area contributed by atoms with Crippen molar-refractivity contribution in [1.29, 1.82) is 0 Å². The molecule has 140 valence electrons. The molecule has 0 saturated heterocycles. The van der Waals surface area contributed by atoms with E-state index in [1.54, 1.807) is 30.5 Å². The Bertz CT molecular complexity index is 823. The van der Waals surface area contributed by atoms with Gasteiger partial charge in [0, 0.05) is 13.2 Å². The van der Waals surface area contributed by atoms with Crippen LogP contribution in [0, 0.1) is 0 Å². The van der Waals surface area contributed by atoms with Crippen molar-refractivity contribution in [3.05, 3.63) is 54.4 Å². The first-order chi connectivity index (χ1) is 12.3. The van der Waals surface area contributed by atoms with Gasteiger partial charge in [0.2, 0.25) is 10.0 Å². The minimum absolute atomic E-state index is 0.226. The van der Waals surface area contributed by atoms with Crippen LogP contribution >= 0.6 is 0 Å². The second-order valence-corrected chi connectivity index (χ2v) is 7.79. The zero-order valence-corrected chi connectivity index (χ0v) is 15.9. The summed E-state index contributed by atoms with van der Waals surface area (Å²) in [7, 11) is -1.84. The number of rotatable bonds is 8. The van der Waals surface area contributed by atoms with Crippen molar-refractivity contribution in [3.63, 3.8) is 0 Å². The number of carbonyl (C=O) groups excluding carboxylic acids is 1. The first kappa shape index (κ1) is 19.7. The van der Waals surface area contributed by atoms with E-state index in [-0.39, 0.29) is 5.91 Å². The minimum Gasteiger partial charge on any atom is -0.481 e. The Morgan fingerprint density at radius 2 is 1.92 bits per heavy atom. The fourth-order valence-corrected chi connectivity index (χ4v) is 2.71. The van der Waals surface area contributed by atoms with Crippen LogP contribution in [0.5, 0.6) is 5.75 Å². The van der Waals surface area contributed by atoms with Crippen LogP contribution in [0.15, 0.2) is 48.7 Å². The topological polar surface area (TPSA) is 88.6 Å². The number of carbonyl (C=O) groups is 1. The number of amides is 1. The maximum atomic E-state index is 12.3. The molecule has 26 heavy (non-hydrogen) atoms. The first-order valence-corrected chi connectivity index (χ1v) is 10.0. The lowest BCUT2D eigenvalue weighted by molar-refractivity contribution is -0.128. The van der Waals surface area contributed by atoms with Crippen molar-refractivity contribution >= 4 is 21.6 Å². The highest BCUT2D eigenvalue weighted by molar-refractivity contribution is 7.92. The normalized spacial score (nSPS) is 12.3. The average Bonchev–Trinajstić information content (AvgIpc) is 2.64. The molecule has 0 radical (unpaired) electrons. The molecule has 1 heterocycles. The van der Waals surface area contributed by atoms with Gasteiger partial charge in [-0.15, -0.1) is 0 Å². The summed E-state index contributed by atoms with van der Waals surface area (Å²) in [5.74, 6) is 0.269. The summed E-state index contributed by atoms with van der Waals surface area (Å²) >= 11 is 0. The number of hydrogen-bond donors (Lipinski definition) is 1. The fourth-order valence-electron chi connectivity index (χ4n) is 2.21. The Balaban J connectivity index is 1.97. The fraction of sp³-hybridized carbons (Fsp3) is 0.333. The van der Waals surface area contributed by atoms with E-state index in [1.807, 2.05) is 25.1 Å². The highest BCUT2D eigenvalue weighted by Gasteiger charge is 2.18. The van der Waals surface area contributed by atoms with Gasteiger partial charge >= 0.3 is 0 Å². The summed E-state index contributed by atoms with van der Waals surface area (Å²) in [6.45, 7) is 2.19. The van der Waals surface area contributed by atoms with Gasteiger partial charge in [-0.05, 0) is 42.8 Å². The van der Waals surface area contributed by atoms with Crippen molar-refractivity contribution < 1.29 is 17.9 Å². The molecular formula is C18H23N3O4S. The molecule has 7 nitrogen and oxygen atoms in total. The van der Waals surface area contributed by atoms with Gasteiger partial charge in [0.1, 0.15) is 5.75 Å². The third kappa shape index (κ3) is 5.45. The molecule has 1 aromatic carbocycles. The smallest absolute Gasteiger partial charge is 0.261 e. The molecule has 1 N–H and O–H groups in total. The summed E-state index contributed by atoms with van der Waals surface area (Å²) in [5, 5.41) is 2.81. The molecule has 1 atom stereocenters. The summed E-state index contributed by atoms with van der Waals surface area (Å²) in [4.78, 5) is 16.5. The molecule has 8 heteroatoms. The van der Waals surface area contributed by atoms with E-state index in [0.29, 0.717) is 24.4 Å². The third-order valence-electron chi connectivity index (χ3n) is 3.81. The van der Waals surface area contributed by atoms with Gasteiger partial charge in [0.05, 0.1) is 24.2 Å². The predicted octanol–water partition coefficient (Wildman–Crippen LogP) is 1.95. The van der Waals surface area contributed by atoms with Crippen LogP contribution in [0.25, 0.3) is 0 Å². The number of nitrogens with one attached hydrogen (secondary N) is 1. The van der Waals surface area contributed by atoms with Crippen molar-refractivity contribution in [2.45, 2.75) is 26.0 Å². The van der Waals surface area contributed by atoms with Crippen LogP contribution < -0.4 is 14.4 Å². The van der Waals surface area contributed by atoms with E-state index in [1.165, 1.54) is 11.4 Å². The molecule has 2 rings (SSSR count). The van der Waals surface area contributed by atoms with Crippen LogP contribution in [0.3, 0.4) is 0 Å². The maximum absolute atomic E-state index is 12.3. The predicted molar refractivity (Wildman–Crippen MR) is 100 cm³/mol. The van der Waals surface area contributed by atoms with Crippen molar-refractivity contribution in [3.8, 4) is 5.75 Å². The number of benzene rings is 1. The zero-order chi connectivity index (χ0) is 19.2. The number of nitrogens with zero attached hydrogens (tertiary/aromatic N) is 2. The van der Waals surface area contributed by atoms with Gasteiger partial charge < -0.3 is 10.1 Å². The van der Waals surface area contributed by atoms with E-state index in [2.05, 4.69) is 10.3 Å². The highest BCUT2D eigenvalue weighted by atomic mass is 32.2. The number of hydrogen-bond acceptors (Lipinski definition) is 5. The minimum atomic E-state index is -3.32. The van der Waals surface area contributed by atoms with Gasteiger partial charge in [-0.25, -0.2) is 8.42 Å². The van der Waals surface area contributed by atoms with E-state index in [9.17, 15) is 13.2 Å².